The normalized spacial score (nSPS) is 14.2. The number of aliphatic imine (C=N–C) groups is 1. The van der Waals surface area contributed by atoms with E-state index in [1.807, 2.05) is 61.9 Å². The van der Waals surface area contributed by atoms with Crippen molar-refractivity contribution in [1.29, 1.82) is 0 Å². The molecule has 0 aliphatic carbocycles. The number of guanidine groups is 1. The molecule has 4 N–H and O–H groups in total. The first-order chi connectivity index (χ1) is 13.9. The molecule has 0 aliphatic heterocycles. The van der Waals surface area contributed by atoms with Crippen molar-refractivity contribution in [2.75, 3.05) is 13.1 Å². The molecular formula is C22H33IN4O2S. The fourth-order valence-corrected chi connectivity index (χ4v) is 3.44. The Morgan fingerprint density at radius 3 is 2.67 bits per heavy atom. The van der Waals surface area contributed by atoms with Gasteiger partial charge in [0.1, 0.15) is 5.60 Å². The van der Waals surface area contributed by atoms with Crippen LogP contribution in [0.2, 0.25) is 0 Å². The highest BCUT2D eigenvalue weighted by atomic mass is 127. The molecule has 0 radical (unpaired) electrons. The second kappa shape index (κ2) is 12.9. The number of hydrogen-bond acceptors (Lipinski definition) is 4. The van der Waals surface area contributed by atoms with Gasteiger partial charge in [0.25, 0.3) is 5.91 Å². The van der Waals surface area contributed by atoms with Crippen molar-refractivity contribution in [3.8, 4) is 0 Å². The number of carbonyl (C=O) groups excluding carboxylic acids is 1. The molecule has 2 unspecified atom stereocenters. The number of nitrogens with zero attached hydrogens (tertiary/aromatic N) is 1. The Morgan fingerprint density at radius 1 is 1.27 bits per heavy atom. The van der Waals surface area contributed by atoms with Gasteiger partial charge in [0.15, 0.2) is 5.96 Å². The summed E-state index contributed by atoms with van der Waals surface area (Å²) in [6.45, 7) is 9.29. The van der Waals surface area contributed by atoms with E-state index in [1.54, 1.807) is 18.3 Å². The molecule has 0 aliphatic rings. The van der Waals surface area contributed by atoms with Crippen LogP contribution in [0.4, 0.5) is 0 Å². The number of rotatable bonds is 9. The van der Waals surface area contributed by atoms with E-state index in [0.29, 0.717) is 31.2 Å². The number of thiophene rings is 1. The highest BCUT2D eigenvalue weighted by Crippen LogP contribution is 2.21. The van der Waals surface area contributed by atoms with E-state index in [1.165, 1.54) is 0 Å². The van der Waals surface area contributed by atoms with Crippen LogP contribution in [0.5, 0.6) is 0 Å². The van der Waals surface area contributed by atoms with Crippen molar-refractivity contribution in [3.63, 3.8) is 0 Å². The Labute approximate surface area is 200 Å². The number of amides is 1. The van der Waals surface area contributed by atoms with Gasteiger partial charge in [-0.25, -0.2) is 4.99 Å². The minimum atomic E-state index is -0.982. The van der Waals surface area contributed by atoms with E-state index in [9.17, 15) is 9.90 Å². The zero-order valence-corrected chi connectivity index (χ0v) is 21.2. The first-order valence-corrected chi connectivity index (χ1v) is 11.0. The molecule has 1 aromatic heterocycles. The van der Waals surface area contributed by atoms with Gasteiger partial charge < -0.3 is 21.1 Å². The average molecular weight is 545 g/mol. The van der Waals surface area contributed by atoms with Crippen LogP contribution < -0.4 is 16.0 Å². The number of hydrogen-bond donors (Lipinski definition) is 4. The summed E-state index contributed by atoms with van der Waals surface area (Å²) in [6, 6.07) is 9.57. The summed E-state index contributed by atoms with van der Waals surface area (Å²) in [4.78, 5) is 16.9. The third-order valence-electron chi connectivity index (χ3n) is 4.69. The second-order valence-corrected chi connectivity index (χ2v) is 8.10. The zero-order valence-electron chi connectivity index (χ0n) is 18.1. The molecule has 30 heavy (non-hydrogen) atoms. The lowest BCUT2D eigenvalue weighted by Crippen LogP contribution is -2.44. The minimum Gasteiger partial charge on any atom is -0.384 e. The van der Waals surface area contributed by atoms with Gasteiger partial charge in [0.05, 0.1) is 13.1 Å². The molecule has 1 aromatic carbocycles. The van der Waals surface area contributed by atoms with Crippen molar-refractivity contribution in [2.24, 2.45) is 4.99 Å². The molecule has 0 bridgehead atoms. The topological polar surface area (TPSA) is 85.8 Å². The monoisotopic (exact) mass is 544 g/mol. The van der Waals surface area contributed by atoms with Crippen LogP contribution in [-0.2, 0) is 12.1 Å². The van der Waals surface area contributed by atoms with Crippen LogP contribution in [-0.4, -0.2) is 36.1 Å². The van der Waals surface area contributed by atoms with Gasteiger partial charge in [-0.05, 0) is 67.3 Å². The minimum absolute atomic E-state index is 0. The molecule has 2 atom stereocenters. The Bertz CT molecular complexity index is 809. The zero-order chi connectivity index (χ0) is 21.3. The summed E-state index contributed by atoms with van der Waals surface area (Å²) in [5.41, 5.74) is 1.48. The first-order valence-electron chi connectivity index (χ1n) is 10.0. The standard InChI is InChI=1S/C22H32N4O2S.HI/c1-5-16(3)26-20(27)18-9-7-8-17(12-18)13-24-21(23-6-2)25-15-22(4,28)19-10-11-29-14-19;/h7-12,14,16,28H,5-6,13,15H2,1-4H3,(H,26,27)(H2,23,24,25);1H. The summed E-state index contributed by atoms with van der Waals surface area (Å²) in [5, 5.41) is 24.0. The molecular weight excluding hydrogens is 511 g/mol. The van der Waals surface area contributed by atoms with E-state index in [-0.39, 0.29) is 35.9 Å². The van der Waals surface area contributed by atoms with Gasteiger partial charge in [-0.2, -0.15) is 11.3 Å². The van der Waals surface area contributed by atoms with Gasteiger partial charge in [-0.15, -0.1) is 24.0 Å². The van der Waals surface area contributed by atoms with Crippen LogP contribution in [0.3, 0.4) is 0 Å². The molecule has 8 heteroatoms. The first kappa shape index (κ1) is 26.4. The molecule has 0 saturated carbocycles. The lowest BCUT2D eigenvalue weighted by Gasteiger charge is -2.24. The van der Waals surface area contributed by atoms with E-state index >= 15 is 0 Å². The van der Waals surface area contributed by atoms with Crippen molar-refractivity contribution >= 4 is 47.2 Å². The summed E-state index contributed by atoms with van der Waals surface area (Å²) in [5.74, 6) is 0.555. The molecule has 0 spiro atoms. The van der Waals surface area contributed by atoms with Crippen molar-refractivity contribution in [3.05, 3.63) is 57.8 Å². The van der Waals surface area contributed by atoms with Crippen LogP contribution in [0.15, 0.2) is 46.1 Å². The maximum Gasteiger partial charge on any atom is 0.251 e. The maximum atomic E-state index is 12.3. The van der Waals surface area contributed by atoms with Gasteiger partial charge >= 0.3 is 0 Å². The molecule has 0 saturated heterocycles. The predicted molar refractivity (Wildman–Crippen MR) is 136 cm³/mol. The fraction of sp³-hybridized carbons (Fsp3) is 0.455. The van der Waals surface area contributed by atoms with E-state index < -0.39 is 5.60 Å². The molecule has 2 rings (SSSR count). The lowest BCUT2D eigenvalue weighted by atomic mass is 9.99. The number of carbonyl (C=O) groups is 1. The molecule has 2 aromatic rings. The summed E-state index contributed by atoms with van der Waals surface area (Å²) in [7, 11) is 0. The number of aliphatic hydroxyl groups is 1. The van der Waals surface area contributed by atoms with Gasteiger partial charge in [-0.3, -0.25) is 4.79 Å². The number of nitrogens with one attached hydrogen (secondary N) is 3. The van der Waals surface area contributed by atoms with Crippen molar-refractivity contribution < 1.29 is 9.90 Å². The summed E-state index contributed by atoms with van der Waals surface area (Å²) < 4.78 is 0. The van der Waals surface area contributed by atoms with Gasteiger partial charge in [0, 0.05) is 18.2 Å². The predicted octanol–water partition coefficient (Wildman–Crippen LogP) is 3.86. The Kier molecular flexibility index (Phi) is 11.4. The molecule has 6 nitrogen and oxygen atoms in total. The summed E-state index contributed by atoms with van der Waals surface area (Å²) in [6.07, 6.45) is 0.891. The van der Waals surface area contributed by atoms with Crippen LogP contribution in [0.25, 0.3) is 0 Å². The molecule has 1 amide bonds. The maximum absolute atomic E-state index is 12.3. The largest absolute Gasteiger partial charge is 0.384 e. The van der Waals surface area contributed by atoms with E-state index in [0.717, 1.165) is 17.5 Å². The average Bonchev–Trinajstić information content (AvgIpc) is 3.26. The third kappa shape index (κ3) is 8.23. The van der Waals surface area contributed by atoms with Crippen LogP contribution in [0, 0.1) is 0 Å². The van der Waals surface area contributed by atoms with Gasteiger partial charge in [0.2, 0.25) is 0 Å². The Morgan fingerprint density at radius 2 is 2.03 bits per heavy atom. The van der Waals surface area contributed by atoms with E-state index in [4.69, 9.17) is 0 Å². The number of halogens is 1. The smallest absolute Gasteiger partial charge is 0.251 e. The molecule has 166 valence electrons. The SMILES string of the molecule is CCNC(=NCc1cccc(C(=O)NC(C)CC)c1)NCC(C)(O)c1ccsc1.I. The number of benzene rings is 1. The highest BCUT2D eigenvalue weighted by Gasteiger charge is 2.23. The van der Waals surface area contributed by atoms with Crippen molar-refractivity contribution in [1.82, 2.24) is 16.0 Å². The van der Waals surface area contributed by atoms with Crippen molar-refractivity contribution in [2.45, 2.75) is 52.3 Å². The quantitative estimate of drug-likeness (QED) is 0.220. The fourth-order valence-electron chi connectivity index (χ4n) is 2.66. The van der Waals surface area contributed by atoms with E-state index in [2.05, 4.69) is 20.9 Å². The lowest BCUT2D eigenvalue weighted by molar-refractivity contribution is 0.0621. The van der Waals surface area contributed by atoms with Gasteiger partial charge in [-0.1, -0.05) is 19.1 Å². The second-order valence-electron chi connectivity index (χ2n) is 7.32. The summed E-state index contributed by atoms with van der Waals surface area (Å²) >= 11 is 1.56. The van der Waals surface area contributed by atoms with Crippen LogP contribution in [0.1, 0.15) is 55.6 Å². The molecule has 0 fully saturated rings. The Balaban J connectivity index is 0.00000450. The third-order valence-corrected chi connectivity index (χ3v) is 5.37. The Hall–Kier alpha value is -1.65. The molecule has 1 heterocycles. The van der Waals surface area contributed by atoms with Crippen LogP contribution >= 0.6 is 35.3 Å². The highest BCUT2D eigenvalue weighted by molar-refractivity contribution is 14.0.